The van der Waals surface area contributed by atoms with E-state index in [2.05, 4.69) is 40.7 Å². The number of aliphatic hydroxyl groups is 2. The third-order valence-electron chi connectivity index (χ3n) is 3.76. The van der Waals surface area contributed by atoms with E-state index in [0.717, 1.165) is 38.6 Å². The summed E-state index contributed by atoms with van der Waals surface area (Å²) in [5.74, 6) is 3.08. The van der Waals surface area contributed by atoms with Crippen molar-refractivity contribution in [2.24, 2.45) is 4.30 Å². The second-order valence-corrected chi connectivity index (χ2v) is 6.63. The molecule has 0 aromatic heterocycles. The fraction of sp³-hybridized carbons (Fsp3) is 0.333. The molecule has 2 aliphatic heterocycles. The van der Waals surface area contributed by atoms with E-state index in [1.165, 1.54) is 0 Å². The number of rotatable bonds is 4. The van der Waals surface area contributed by atoms with E-state index < -0.39 is 0 Å². The van der Waals surface area contributed by atoms with Crippen LogP contribution in [0.1, 0.15) is 11.1 Å². The summed E-state index contributed by atoms with van der Waals surface area (Å²) in [5.41, 5.74) is 2.11. The van der Waals surface area contributed by atoms with Crippen LogP contribution in [0.4, 0.5) is 0 Å². The Kier molecular flexibility index (Phi) is 9.62. The molecule has 2 aromatic rings. The Morgan fingerprint density at radius 1 is 0.893 bits per heavy atom. The first-order chi connectivity index (χ1) is 13.6. The van der Waals surface area contributed by atoms with Gasteiger partial charge in [-0.25, -0.2) is 0 Å². The molecule has 0 fully saturated rings. The van der Waals surface area contributed by atoms with Gasteiger partial charge in [0.2, 0.25) is 13.6 Å². The van der Waals surface area contributed by atoms with Crippen molar-refractivity contribution in [3.05, 3.63) is 45.9 Å². The molecule has 0 spiro atoms. The van der Waals surface area contributed by atoms with Crippen LogP contribution >= 0.6 is 28.7 Å². The average Bonchev–Trinajstić information content (AvgIpc) is 3.32. The fourth-order valence-corrected chi connectivity index (χ4v) is 3.02. The van der Waals surface area contributed by atoms with Gasteiger partial charge in [0.05, 0.1) is 0 Å². The molecule has 2 aliphatic rings. The molecular weight excluding hydrogens is 449 g/mol. The number of hydrogen-bond donors (Lipinski definition) is 3. The fourth-order valence-electron chi connectivity index (χ4n) is 2.50. The number of nitrogens with zero attached hydrogens (tertiary/aromatic N) is 1. The van der Waals surface area contributed by atoms with E-state index in [9.17, 15) is 0 Å². The molecule has 2 N–H and O–H groups in total. The monoisotopic (exact) mass is 468 g/mol. The predicted molar refractivity (Wildman–Crippen MR) is 112 cm³/mol. The van der Waals surface area contributed by atoms with Crippen molar-refractivity contribution in [3.8, 4) is 23.0 Å². The van der Waals surface area contributed by atoms with Gasteiger partial charge in [0, 0.05) is 17.7 Å². The SMILES string of the molecule is OCCc1cc2c(cc1Br)OCO2.OCCc1ccc2c(c1)OCO2.[B]=NS. The molecule has 0 aliphatic carbocycles. The molecular formula is C18H20BBrNO6S. The molecule has 28 heavy (non-hydrogen) atoms. The Balaban J connectivity index is 0.000000176. The minimum absolute atomic E-state index is 0.137. The molecule has 149 valence electrons. The van der Waals surface area contributed by atoms with Gasteiger partial charge in [0.1, 0.15) is 0 Å². The Morgan fingerprint density at radius 3 is 2.04 bits per heavy atom. The van der Waals surface area contributed by atoms with E-state index >= 15 is 0 Å². The van der Waals surface area contributed by atoms with E-state index in [1.54, 1.807) is 0 Å². The van der Waals surface area contributed by atoms with Gasteiger partial charge in [0.25, 0.3) is 0 Å². The van der Waals surface area contributed by atoms with E-state index in [4.69, 9.17) is 29.2 Å². The van der Waals surface area contributed by atoms with Crippen LogP contribution in [0.3, 0.4) is 0 Å². The number of halogens is 1. The number of fused-ring (bicyclic) bond motifs is 2. The number of aliphatic hydroxyl groups excluding tert-OH is 2. The van der Waals surface area contributed by atoms with Crippen LogP contribution < -0.4 is 18.9 Å². The molecule has 0 atom stereocenters. The van der Waals surface area contributed by atoms with Crippen molar-refractivity contribution in [1.82, 2.24) is 0 Å². The molecule has 10 heteroatoms. The normalized spacial score (nSPS) is 12.4. The van der Waals surface area contributed by atoms with Crippen LogP contribution in [0.15, 0.2) is 39.1 Å². The van der Waals surface area contributed by atoms with Gasteiger partial charge in [-0.05, 0) is 48.2 Å². The Morgan fingerprint density at radius 2 is 1.43 bits per heavy atom. The molecule has 7 nitrogen and oxygen atoms in total. The summed E-state index contributed by atoms with van der Waals surface area (Å²) in [6.45, 7) is 0.889. The van der Waals surface area contributed by atoms with Crippen molar-refractivity contribution >= 4 is 36.4 Å². The maximum atomic E-state index is 8.80. The molecule has 4 rings (SSSR count). The number of benzene rings is 2. The summed E-state index contributed by atoms with van der Waals surface area (Å²) in [6.07, 6.45) is 1.29. The van der Waals surface area contributed by atoms with Gasteiger partial charge in [0.15, 0.2) is 23.0 Å². The zero-order chi connectivity index (χ0) is 20.4. The maximum absolute atomic E-state index is 8.80. The quantitative estimate of drug-likeness (QED) is 0.472. The molecule has 2 aromatic carbocycles. The van der Waals surface area contributed by atoms with Crippen molar-refractivity contribution in [1.29, 1.82) is 0 Å². The Hall–Kier alpha value is -1.75. The first-order valence-corrected chi connectivity index (χ1v) is 9.54. The third kappa shape index (κ3) is 6.40. The summed E-state index contributed by atoms with van der Waals surface area (Å²) < 4.78 is 24.4. The summed E-state index contributed by atoms with van der Waals surface area (Å²) in [6, 6.07) is 9.46. The van der Waals surface area contributed by atoms with Crippen molar-refractivity contribution in [2.75, 3.05) is 26.8 Å². The van der Waals surface area contributed by atoms with Gasteiger partial charge in [-0.1, -0.05) is 22.0 Å². The number of ether oxygens (including phenoxy) is 4. The zero-order valence-electron chi connectivity index (χ0n) is 15.0. The second-order valence-electron chi connectivity index (χ2n) is 5.55. The van der Waals surface area contributed by atoms with Crippen LogP contribution in [0, 0.1) is 0 Å². The topological polar surface area (TPSA) is 89.7 Å². The van der Waals surface area contributed by atoms with Crippen LogP contribution in [0.2, 0.25) is 0 Å². The van der Waals surface area contributed by atoms with Crippen molar-refractivity contribution in [3.63, 3.8) is 0 Å². The molecule has 0 amide bonds. The summed E-state index contributed by atoms with van der Waals surface area (Å²) in [4.78, 5) is 0. The van der Waals surface area contributed by atoms with Gasteiger partial charge in [-0.2, -0.15) is 0 Å². The Labute approximate surface area is 178 Å². The molecule has 0 bridgehead atoms. The molecule has 0 saturated carbocycles. The standard InChI is InChI=1S/C9H9BrO3.C9H10O3.BHNS/c10-7-4-9-8(12-5-13-9)3-6(7)1-2-11;10-4-3-7-1-2-8-9(5-7)12-6-11-8;1-2-3/h3-4,11H,1-2,5H2;1-2,5,10H,3-4,6H2;3H. The average molecular weight is 469 g/mol. The first-order valence-electron chi connectivity index (χ1n) is 8.35. The molecule has 1 radical (unpaired) electrons. The number of hydrogen-bond acceptors (Lipinski definition) is 8. The molecule has 2 heterocycles. The molecule has 0 saturated heterocycles. The number of thiol groups is 1. The van der Waals surface area contributed by atoms with Crippen molar-refractivity contribution < 1.29 is 29.2 Å². The summed E-state index contributed by atoms with van der Waals surface area (Å²) >= 11 is 6.60. The van der Waals surface area contributed by atoms with E-state index in [-0.39, 0.29) is 20.0 Å². The Bertz CT molecular complexity index is 795. The van der Waals surface area contributed by atoms with Gasteiger partial charge in [-0.3, -0.25) is 0 Å². The van der Waals surface area contributed by atoms with Gasteiger partial charge < -0.3 is 29.2 Å². The van der Waals surface area contributed by atoms with Crippen LogP contribution in [0.5, 0.6) is 23.0 Å². The molecule has 0 unspecified atom stereocenters. The van der Waals surface area contributed by atoms with Crippen molar-refractivity contribution in [2.45, 2.75) is 12.8 Å². The van der Waals surface area contributed by atoms with E-state index in [0.29, 0.717) is 19.6 Å². The summed E-state index contributed by atoms with van der Waals surface area (Å²) in [7, 11) is 4.34. The third-order valence-corrected chi connectivity index (χ3v) is 4.50. The van der Waals surface area contributed by atoms with Crippen LogP contribution in [0.25, 0.3) is 0 Å². The first kappa shape index (κ1) is 22.5. The minimum atomic E-state index is 0.137. The van der Waals surface area contributed by atoms with E-state index in [1.807, 2.05) is 30.3 Å². The summed E-state index contributed by atoms with van der Waals surface area (Å²) in [5, 5.41) is 17.5. The van der Waals surface area contributed by atoms with Crippen LogP contribution in [-0.4, -0.2) is 44.7 Å². The zero-order valence-corrected chi connectivity index (χ0v) is 17.5. The predicted octanol–water partition coefficient (Wildman–Crippen LogP) is 2.85. The van der Waals surface area contributed by atoms with Gasteiger partial charge >= 0.3 is 24.8 Å². The van der Waals surface area contributed by atoms with Crippen LogP contribution in [-0.2, 0) is 12.8 Å². The van der Waals surface area contributed by atoms with Gasteiger partial charge in [-0.15, -0.1) is 0 Å². The second kappa shape index (κ2) is 12.0.